The zero-order valence-electron chi connectivity index (χ0n) is 22.5. The highest BCUT2D eigenvalue weighted by molar-refractivity contribution is 7.92. The van der Waals surface area contributed by atoms with Crippen molar-refractivity contribution in [1.82, 2.24) is 15.0 Å². The van der Waals surface area contributed by atoms with Crippen LogP contribution in [-0.2, 0) is 20.2 Å². The number of carboxylic acids is 1. The Morgan fingerprint density at radius 2 is 1.97 bits per heavy atom. The minimum atomic E-state index is -3.76. The molecule has 0 bridgehead atoms. The van der Waals surface area contributed by atoms with E-state index >= 15 is 4.39 Å². The van der Waals surface area contributed by atoms with Crippen molar-refractivity contribution in [3.63, 3.8) is 0 Å². The van der Waals surface area contributed by atoms with Gasteiger partial charge in [0.2, 0.25) is 16.0 Å². The lowest BCUT2D eigenvalue weighted by atomic mass is 9.98. The second kappa shape index (κ2) is 12.6. The number of hydrogen-bond acceptors (Lipinski definition) is 8. The normalized spacial score (nSPS) is 12.8. The zero-order valence-corrected chi connectivity index (χ0v) is 24.9. The second-order valence-electron chi connectivity index (χ2n) is 10.4. The molecule has 0 amide bonds. The molecule has 3 N–H and O–H groups in total. The molecule has 0 aliphatic heterocycles. The van der Waals surface area contributed by atoms with Gasteiger partial charge in [0.1, 0.15) is 0 Å². The quantitative estimate of drug-likeness (QED) is 0.218. The molecule has 3 aromatic rings. The molecule has 0 aliphatic carbocycles. The Balaban J connectivity index is 2.04. The van der Waals surface area contributed by atoms with E-state index in [2.05, 4.69) is 20.0 Å². The molecule has 0 fully saturated rings. The number of carbonyl (C=O) groups is 1. The van der Waals surface area contributed by atoms with E-state index in [4.69, 9.17) is 21.7 Å². The fraction of sp³-hybridized carbons (Fsp3) is 0.462. The maximum Gasteiger partial charge on any atom is 0.303 e. The van der Waals surface area contributed by atoms with Gasteiger partial charge >= 0.3 is 5.97 Å². The number of nitrogens with zero attached hydrogens (tertiary/aromatic N) is 3. The van der Waals surface area contributed by atoms with Crippen LogP contribution in [0.15, 0.2) is 24.4 Å². The first kappa shape index (κ1) is 30.7. The van der Waals surface area contributed by atoms with Crippen LogP contribution in [0.2, 0.25) is 5.02 Å². The van der Waals surface area contributed by atoms with Crippen LogP contribution < -0.4 is 10.0 Å². The van der Waals surface area contributed by atoms with Crippen LogP contribution in [0.3, 0.4) is 0 Å². The molecule has 0 spiro atoms. The molecule has 0 aliphatic rings. The molecule has 1 aromatic carbocycles. The SMILES string of the molecule is CCCS(=O)(=O)Nc1cc(Cl)cc(-c2nc(C(C)(C)C)sc2-c2ccnc(NCCC(C)CC(=O)O)n2)c1F. The molecule has 0 saturated carbocycles. The number of benzene rings is 1. The second-order valence-corrected chi connectivity index (χ2v) is 13.6. The summed E-state index contributed by atoms with van der Waals surface area (Å²) in [6.07, 6.45) is 2.64. The van der Waals surface area contributed by atoms with E-state index in [-0.39, 0.29) is 39.8 Å². The third-order valence-corrected chi connectivity index (χ3v) is 8.83. The smallest absolute Gasteiger partial charge is 0.303 e. The summed E-state index contributed by atoms with van der Waals surface area (Å²) in [4.78, 5) is 25.1. The molecular weight excluding hydrogens is 565 g/mol. The van der Waals surface area contributed by atoms with E-state index in [1.54, 1.807) is 19.2 Å². The summed E-state index contributed by atoms with van der Waals surface area (Å²) in [7, 11) is -3.76. The van der Waals surface area contributed by atoms with Crippen LogP contribution in [-0.4, -0.2) is 46.7 Å². The number of aromatic nitrogens is 3. The standard InChI is InChI=1S/C26H33ClFN5O4S2/c1-6-11-39(36,37)33-19-14-16(27)13-17(21(19)28)22-23(38-24(32-22)26(3,4)5)18-8-10-30-25(31-18)29-9-7-15(2)12-20(34)35/h8,10,13-15,33H,6-7,9,11-12H2,1-5H3,(H,34,35)(H,29,30,31). The molecular formula is C26H33ClFN5O4S2. The molecule has 39 heavy (non-hydrogen) atoms. The highest BCUT2D eigenvalue weighted by atomic mass is 35.5. The molecule has 0 radical (unpaired) electrons. The monoisotopic (exact) mass is 597 g/mol. The number of aliphatic carboxylic acids is 1. The van der Waals surface area contributed by atoms with Gasteiger partial charge in [0, 0.05) is 35.2 Å². The topological polar surface area (TPSA) is 134 Å². The number of thiazole rings is 1. The van der Waals surface area contributed by atoms with Crippen LogP contribution >= 0.6 is 22.9 Å². The molecule has 9 nitrogen and oxygen atoms in total. The first-order chi connectivity index (χ1) is 18.2. The van der Waals surface area contributed by atoms with Gasteiger partial charge in [-0.1, -0.05) is 46.2 Å². The Bertz CT molecular complexity index is 1440. The Morgan fingerprint density at radius 3 is 2.62 bits per heavy atom. The minimum absolute atomic E-state index is 0.0182. The average Bonchev–Trinajstić information content (AvgIpc) is 3.27. The predicted octanol–water partition coefficient (Wildman–Crippen LogP) is 6.42. The molecule has 0 saturated heterocycles. The van der Waals surface area contributed by atoms with E-state index in [1.807, 2.05) is 27.7 Å². The van der Waals surface area contributed by atoms with E-state index in [0.29, 0.717) is 41.6 Å². The summed E-state index contributed by atoms with van der Waals surface area (Å²) < 4.78 is 42.9. The van der Waals surface area contributed by atoms with Crippen molar-refractivity contribution < 1.29 is 22.7 Å². The number of nitrogens with one attached hydrogen (secondary N) is 2. The Hall–Kier alpha value is -2.83. The average molecular weight is 598 g/mol. The van der Waals surface area contributed by atoms with Gasteiger partial charge in [-0.05, 0) is 37.0 Å². The van der Waals surface area contributed by atoms with Crippen molar-refractivity contribution >= 4 is 50.6 Å². The third kappa shape index (κ3) is 8.33. The number of rotatable bonds is 12. The minimum Gasteiger partial charge on any atom is -0.481 e. The van der Waals surface area contributed by atoms with E-state index in [1.165, 1.54) is 23.5 Å². The Labute approximate surface area is 237 Å². The van der Waals surface area contributed by atoms with Crippen LogP contribution in [0, 0.1) is 11.7 Å². The van der Waals surface area contributed by atoms with Gasteiger partial charge in [-0.3, -0.25) is 9.52 Å². The van der Waals surface area contributed by atoms with Crippen molar-refractivity contribution in [2.24, 2.45) is 5.92 Å². The number of anilines is 2. The van der Waals surface area contributed by atoms with Gasteiger partial charge in [-0.25, -0.2) is 27.8 Å². The van der Waals surface area contributed by atoms with Crippen molar-refractivity contribution in [1.29, 1.82) is 0 Å². The summed E-state index contributed by atoms with van der Waals surface area (Å²) in [5, 5.41) is 13.0. The molecule has 1 unspecified atom stereocenters. The van der Waals surface area contributed by atoms with E-state index < -0.39 is 21.8 Å². The van der Waals surface area contributed by atoms with Gasteiger partial charge in [0.05, 0.1) is 32.7 Å². The first-order valence-electron chi connectivity index (χ1n) is 12.5. The summed E-state index contributed by atoms with van der Waals surface area (Å²) in [5.41, 5.74) is 0.242. The molecule has 13 heteroatoms. The van der Waals surface area contributed by atoms with Crippen LogP contribution in [0.4, 0.5) is 16.0 Å². The summed E-state index contributed by atoms with van der Waals surface area (Å²) in [6, 6.07) is 4.35. The lowest BCUT2D eigenvalue weighted by Crippen LogP contribution is -2.17. The first-order valence-corrected chi connectivity index (χ1v) is 15.3. The fourth-order valence-corrected chi connectivity index (χ4v) is 6.17. The largest absolute Gasteiger partial charge is 0.481 e. The predicted molar refractivity (Wildman–Crippen MR) is 154 cm³/mol. The Kier molecular flexibility index (Phi) is 9.89. The number of halogens is 2. The van der Waals surface area contributed by atoms with Gasteiger partial charge < -0.3 is 10.4 Å². The molecule has 3 rings (SSSR count). The third-order valence-electron chi connectivity index (χ3n) is 5.63. The van der Waals surface area contributed by atoms with Crippen LogP contribution in [0.5, 0.6) is 0 Å². The highest BCUT2D eigenvalue weighted by Gasteiger charge is 2.27. The van der Waals surface area contributed by atoms with Crippen molar-refractivity contribution in [3.05, 3.63) is 40.2 Å². The van der Waals surface area contributed by atoms with E-state index in [9.17, 15) is 13.2 Å². The van der Waals surface area contributed by atoms with Crippen molar-refractivity contribution in [2.75, 3.05) is 22.3 Å². The van der Waals surface area contributed by atoms with Crippen molar-refractivity contribution in [2.45, 2.75) is 59.3 Å². The van der Waals surface area contributed by atoms with Crippen LogP contribution in [0.25, 0.3) is 21.8 Å². The van der Waals surface area contributed by atoms with Gasteiger partial charge in [-0.2, -0.15) is 0 Å². The molecule has 2 heterocycles. The number of carboxylic acid groups (broad SMARTS) is 1. The molecule has 212 valence electrons. The maximum atomic E-state index is 15.8. The fourth-order valence-electron chi connectivity index (χ4n) is 3.72. The van der Waals surface area contributed by atoms with Crippen molar-refractivity contribution in [3.8, 4) is 21.8 Å². The van der Waals surface area contributed by atoms with Gasteiger partial charge in [-0.15, -0.1) is 11.3 Å². The van der Waals surface area contributed by atoms with Gasteiger partial charge in [0.25, 0.3) is 0 Å². The van der Waals surface area contributed by atoms with Crippen LogP contribution in [0.1, 0.15) is 58.9 Å². The lowest BCUT2D eigenvalue weighted by Gasteiger charge is -2.14. The molecule has 2 aromatic heterocycles. The van der Waals surface area contributed by atoms with E-state index in [0.717, 1.165) is 5.01 Å². The Morgan fingerprint density at radius 1 is 1.26 bits per heavy atom. The molecule has 1 atom stereocenters. The lowest BCUT2D eigenvalue weighted by molar-refractivity contribution is -0.137. The maximum absolute atomic E-state index is 15.8. The number of hydrogen-bond donors (Lipinski definition) is 3. The summed E-state index contributed by atoms with van der Waals surface area (Å²) in [6.45, 7) is 10.0. The van der Waals surface area contributed by atoms with Gasteiger partial charge in [0.15, 0.2) is 5.82 Å². The number of sulfonamides is 1. The highest BCUT2D eigenvalue weighted by Crippen LogP contribution is 2.43. The zero-order chi connectivity index (χ0) is 29.0. The summed E-state index contributed by atoms with van der Waals surface area (Å²) in [5.74, 6) is -1.47. The summed E-state index contributed by atoms with van der Waals surface area (Å²) >= 11 is 7.67.